The molecule has 0 unspecified atom stereocenters. The van der Waals surface area contributed by atoms with Crippen LogP contribution < -0.4 is 10.2 Å². The van der Waals surface area contributed by atoms with Crippen LogP contribution in [-0.4, -0.2) is 52.2 Å². The molecule has 1 aliphatic rings. The Kier molecular flexibility index (Phi) is 6.73. The lowest BCUT2D eigenvalue weighted by molar-refractivity contribution is -0.115. The third-order valence-electron chi connectivity index (χ3n) is 4.59. The first-order valence-electron chi connectivity index (χ1n) is 9.44. The second-order valence-corrected chi connectivity index (χ2v) is 7.73. The fourth-order valence-electron chi connectivity index (χ4n) is 2.92. The Morgan fingerprint density at radius 1 is 1.22 bits per heavy atom. The van der Waals surface area contributed by atoms with E-state index < -0.39 is 0 Å². The zero-order valence-electron chi connectivity index (χ0n) is 16.1. The summed E-state index contributed by atoms with van der Waals surface area (Å²) < 4.78 is 7.48. The van der Waals surface area contributed by atoms with Gasteiger partial charge in [-0.2, -0.15) is 0 Å². The number of carbonyl (C=O) groups is 1. The molecule has 7 nitrogen and oxygen atoms in total. The summed E-state index contributed by atoms with van der Waals surface area (Å²) in [6.45, 7) is 9.86. The van der Waals surface area contributed by atoms with Gasteiger partial charge >= 0.3 is 0 Å². The standard InChI is InChI=1S/C19H27N5O2S/c1-4-15-6-8-16(9-7-15)20-17(25)14(3)27-19-22-21-18(24(19)5-2)23-10-12-26-13-11-23/h6-9,14H,4-5,10-13H2,1-3H3,(H,20,25)/t14-/m1/s1. The molecule has 8 heteroatoms. The number of hydrogen-bond donors (Lipinski definition) is 1. The highest BCUT2D eigenvalue weighted by Crippen LogP contribution is 2.26. The molecule has 2 aromatic rings. The van der Waals surface area contributed by atoms with Gasteiger partial charge in [0.15, 0.2) is 5.16 Å². The topological polar surface area (TPSA) is 72.3 Å². The quantitative estimate of drug-likeness (QED) is 0.734. The fraction of sp³-hybridized carbons (Fsp3) is 0.526. The minimum Gasteiger partial charge on any atom is -0.378 e. The summed E-state index contributed by atoms with van der Waals surface area (Å²) in [5, 5.41) is 12.2. The van der Waals surface area contributed by atoms with Gasteiger partial charge in [-0.25, -0.2) is 0 Å². The number of rotatable bonds is 7. The molecular weight excluding hydrogens is 362 g/mol. The van der Waals surface area contributed by atoms with E-state index in [2.05, 4.69) is 38.8 Å². The lowest BCUT2D eigenvalue weighted by atomic mass is 10.1. The number of amides is 1. The van der Waals surface area contributed by atoms with Crippen molar-refractivity contribution >= 4 is 29.3 Å². The van der Waals surface area contributed by atoms with Gasteiger partial charge in [0.05, 0.1) is 18.5 Å². The Morgan fingerprint density at radius 2 is 1.93 bits per heavy atom. The lowest BCUT2D eigenvalue weighted by Crippen LogP contribution is -2.38. The Morgan fingerprint density at radius 3 is 2.56 bits per heavy atom. The molecule has 1 atom stereocenters. The Balaban J connectivity index is 1.64. The number of ether oxygens (including phenoxy) is 1. The summed E-state index contributed by atoms with van der Waals surface area (Å²) in [5.41, 5.74) is 2.07. The van der Waals surface area contributed by atoms with Crippen LogP contribution in [0.3, 0.4) is 0 Å². The Hall–Kier alpha value is -2.06. The first kappa shape index (κ1) is 19.7. The van der Waals surface area contributed by atoms with Crippen LogP contribution in [0.2, 0.25) is 0 Å². The largest absolute Gasteiger partial charge is 0.378 e. The molecule has 1 N–H and O–H groups in total. The highest BCUT2D eigenvalue weighted by atomic mass is 32.2. The molecule has 1 aromatic carbocycles. The van der Waals surface area contributed by atoms with Crippen molar-refractivity contribution in [3.05, 3.63) is 29.8 Å². The van der Waals surface area contributed by atoms with E-state index >= 15 is 0 Å². The smallest absolute Gasteiger partial charge is 0.237 e. The number of anilines is 2. The second kappa shape index (κ2) is 9.23. The number of thioether (sulfide) groups is 1. The van der Waals surface area contributed by atoms with Gasteiger partial charge in [0, 0.05) is 25.3 Å². The minimum absolute atomic E-state index is 0.0391. The van der Waals surface area contributed by atoms with E-state index in [1.807, 2.05) is 31.2 Å². The van der Waals surface area contributed by atoms with E-state index in [1.165, 1.54) is 17.3 Å². The maximum atomic E-state index is 12.6. The molecule has 0 bridgehead atoms. The highest BCUT2D eigenvalue weighted by Gasteiger charge is 2.23. The molecule has 0 spiro atoms. The van der Waals surface area contributed by atoms with Crippen LogP contribution in [0.5, 0.6) is 0 Å². The van der Waals surface area contributed by atoms with Gasteiger partial charge < -0.3 is 15.0 Å². The van der Waals surface area contributed by atoms with E-state index in [1.54, 1.807) is 0 Å². The van der Waals surface area contributed by atoms with Gasteiger partial charge in [-0.05, 0) is 38.0 Å². The third-order valence-corrected chi connectivity index (χ3v) is 5.67. The van der Waals surface area contributed by atoms with E-state index in [0.29, 0.717) is 13.2 Å². The van der Waals surface area contributed by atoms with Crippen LogP contribution in [0.1, 0.15) is 26.3 Å². The molecule has 0 saturated carbocycles. The molecule has 1 aliphatic heterocycles. The first-order valence-corrected chi connectivity index (χ1v) is 10.3. The number of benzene rings is 1. The fourth-order valence-corrected chi connectivity index (χ4v) is 3.83. The number of carbonyl (C=O) groups excluding carboxylic acids is 1. The summed E-state index contributed by atoms with van der Waals surface area (Å²) >= 11 is 1.43. The maximum Gasteiger partial charge on any atom is 0.237 e. The van der Waals surface area contributed by atoms with Gasteiger partial charge in [0.25, 0.3) is 0 Å². The Labute approximate surface area is 164 Å². The summed E-state index contributed by atoms with van der Waals surface area (Å²) in [4.78, 5) is 14.7. The van der Waals surface area contributed by atoms with E-state index in [9.17, 15) is 4.79 Å². The molecule has 0 aliphatic carbocycles. The van der Waals surface area contributed by atoms with Crippen molar-refractivity contribution in [1.82, 2.24) is 14.8 Å². The van der Waals surface area contributed by atoms with Gasteiger partial charge in [0.2, 0.25) is 11.9 Å². The number of aromatic nitrogens is 3. The molecule has 1 fully saturated rings. The predicted octanol–water partition coefficient (Wildman–Crippen LogP) is 2.82. The number of aryl methyl sites for hydroxylation is 1. The van der Waals surface area contributed by atoms with Crippen LogP contribution in [0.25, 0.3) is 0 Å². The number of nitrogens with zero attached hydrogens (tertiary/aromatic N) is 4. The van der Waals surface area contributed by atoms with Crippen LogP contribution in [-0.2, 0) is 22.5 Å². The van der Waals surface area contributed by atoms with Crippen molar-refractivity contribution in [2.24, 2.45) is 0 Å². The Bertz CT molecular complexity index is 756. The van der Waals surface area contributed by atoms with Crippen LogP contribution in [0.15, 0.2) is 29.4 Å². The van der Waals surface area contributed by atoms with E-state index in [4.69, 9.17) is 4.74 Å². The zero-order chi connectivity index (χ0) is 19.2. The molecule has 1 aromatic heterocycles. The highest BCUT2D eigenvalue weighted by molar-refractivity contribution is 8.00. The molecule has 3 rings (SSSR count). The number of morpholine rings is 1. The average molecular weight is 390 g/mol. The number of hydrogen-bond acceptors (Lipinski definition) is 6. The van der Waals surface area contributed by atoms with Crippen molar-refractivity contribution < 1.29 is 9.53 Å². The van der Waals surface area contributed by atoms with Gasteiger partial charge in [-0.3, -0.25) is 9.36 Å². The minimum atomic E-state index is -0.275. The van der Waals surface area contributed by atoms with Gasteiger partial charge in [0.1, 0.15) is 0 Å². The SMILES string of the molecule is CCc1ccc(NC(=O)[C@@H](C)Sc2nnc(N3CCOCC3)n2CC)cc1. The predicted molar refractivity (Wildman–Crippen MR) is 108 cm³/mol. The molecular formula is C19H27N5O2S. The number of nitrogens with one attached hydrogen (secondary N) is 1. The van der Waals surface area contributed by atoms with Crippen molar-refractivity contribution in [3.8, 4) is 0 Å². The van der Waals surface area contributed by atoms with E-state index in [0.717, 1.165) is 42.8 Å². The summed E-state index contributed by atoms with van der Waals surface area (Å²) in [6.07, 6.45) is 0.985. The molecule has 1 amide bonds. The van der Waals surface area contributed by atoms with Crippen LogP contribution in [0, 0.1) is 0 Å². The first-order chi connectivity index (χ1) is 13.1. The monoisotopic (exact) mass is 389 g/mol. The van der Waals surface area contributed by atoms with Gasteiger partial charge in [-0.15, -0.1) is 10.2 Å². The molecule has 0 radical (unpaired) electrons. The lowest BCUT2D eigenvalue weighted by Gasteiger charge is -2.27. The molecule has 2 heterocycles. The van der Waals surface area contributed by atoms with Crippen molar-refractivity contribution in [3.63, 3.8) is 0 Å². The van der Waals surface area contributed by atoms with Crippen molar-refractivity contribution in [1.29, 1.82) is 0 Å². The summed E-state index contributed by atoms with van der Waals surface area (Å²) in [6, 6.07) is 7.96. The average Bonchev–Trinajstić information content (AvgIpc) is 3.11. The van der Waals surface area contributed by atoms with E-state index in [-0.39, 0.29) is 11.2 Å². The molecule has 1 saturated heterocycles. The second-order valence-electron chi connectivity index (χ2n) is 6.43. The van der Waals surface area contributed by atoms with Gasteiger partial charge in [-0.1, -0.05) is 30.8 Å². The van der Waals surface area contributed by atoms with Crippen molar-refractivity contribution in [2.45, 2.75) is 44.1 Å². The summed E-state index contributed by atoms with van der Waals surface area (Å²) in [7, 11) is 0. The van der Waals surface area contributed by atoms with Crippen molar-refractivity contribution in [2.75, 3.05) is 36.5 Å². The summed E-state index contributed by atoms with van der Waals surface area (Å²) in [5.74, 6) is 0.814. The van der Waals surface area contributed by atoms with Crippen LogP contribution >= 0.6 is 11.8 Å². The molecule has 27 heavy (non-hydrogen) atoms. The zero-order valence-corrected chi connectivity index (χ0v) is 17.0. The third kappa shape index (κ3) is 4.81. The van der Waals surface area contributed by atoms with Crippen LogP contribution in [0.4, 0.5) is 11.6 Å². The molecule has 146 valence electrons. The maximum absolute atomic E-state index is 12.6. The normalized spacial score (nSPS) is 15.6.